The summed E-state index contributed by atoms with van der Waals surface area (Å²) in [4.78, 5) is 24.2. The van der Waals surface area contributed by atoms with Gasteiger partial charge in [-0.15, -0.1) is 0 Å². The molecule has 0 heterocycles. The van der Waals surface area contributed by atoms with Crippen molar-refractivity contribution in [2.45, 2.75) is 19.1 Å². The lowest BCUT2D eigenvalue weighted by Gasteiger charge is -2.27. The van der Waals surface area contributed by atoms with Gasteiger partial charge in [0.15, 0.2) is 12.2 Å². The fourth-order valence-electron chi connectivity index (χ4n) is 3.25. The number of carboxylic acid groups (broad SMARTS) is 1. The summed E-state index contributed by atoms with van der Waals surface area (Å²) in [5.74, 6) is -0.367. The van der Waals surface area contributed by atoms with Gasteiger partial charge in [0.2, 0.25) is 0 Å². The second-order valence-corrected chi connectivity index (χ2v) is 7.52. The molecule has 3 aromatic rings. The number of carboxylic acids is 1. The van der Waals surface area contributed by atoms with Gasteiger partial charge in [-0.1, -0.05) is 54.1 Å². The van der Waals surface area contributed by atoms with Crippen molar-refractivity contribution in [3.05, 3.63) is 102 Å². The van der Waals surface area contributed by atoms with Gasteiger partial charge in [0.25, 0.3) is 0 Å². The molecular formula is C27H27NO7. The minimum atomic E-state index is -1.18. The highest BCUT2D eigenvalue weighted by molar-refractivity contribution is 5.85. The van der Waals surface area contributed by atoms with Crippen LogP contribution in [-0.2, 0) is 9.53 Å². The first-order valence-electron chi connectivity index (χ1n) is 11.0. The van der Waals surface area contributed by atoms with Gasteiger partial charge in [0, 0.05) is 17.3 Å². The van der Waals surface area contributed by atoms with Crippen LogP contribution in [-0.4, -0.2) is 41.6 Å². The number of aliphatic hydroxyl groups excluding tert-OH is 1. The number of aliphatic hydroxyl groups is 1. The van der Waals surface area contributed by atoms with Crippen LogP contribution in [0.4, 0.5) is 10.5 Å². The number of nitrogens with one attached hydrogen (secondary N) is 1. The molecule has 0 aliphatic heterocycles. The number of carbonyl (C=O) groups excluding carboxylic acids is 1. The molecule has 0 radical (unpaired) electrons. The van der Waals surface area contributed by atoms with E-state index in [1.54, 1.807) is 60.7 Å². The van der Waals surface area contributed by atoms with Crippen LogP contribution in [0.25, 0.3) is 0 Å². The summed E-state index contributed by atoms with van der Waals surface area (Å²) in [5.41, 5.74) is 2.01. The predicted molar refractivity (Wildman–Crippen MR) is 131 cm³/mol. The van der Waals surface area contributed by atoms with Crippen molar-refractivity contribution in [2.24, 2.45) is 0 Å². The average molecular weight is 478 g/mol. The zero-order valence-electron chi connectivity index (χ0n) is 19.2. The Balaban J connectivity index is 1.98. The van der Waals surface area contributed by atoms with E-state index in [9.17, 15) is 19.8 Å². The zero-order chi connectivity index (χ0) is 25.0. The number of hydrogen-bond donors (Lipinski definition) is 3. The molecule has 2 atom stereocenters. The van der Waals surface area contributed by atoms with E-state index in [4.69, 9.17) is 14.2 Å². The smallest absolute Gasteiger partial charge is 0.412 e. The summed E-state index contributed by atoms with van der Waals surface area (Å²) in [7, 11) is 0. The molecule has 182 valence electrons. The lowest BCUT2D eigenvalue weighted by atomic mass is 10.0. The topological polar surface area (TPSA) is 114 Å². The number of aliphatic carboxylic acids is 1. The van der Waals surface area contributed by atoms with Crippen LogP contribution in [0.2, 0.25) is 0 Å². The van der Waals surface area contributed by atoms with E-state index in [2.05, 4.69) is 5.32 Å². The summed E-state index contributed by atoms with van der Waals surface area (Å²) in [6.07, 6.45) is -0.635. The quantitative estimate of drug-likeness (QED) is 0.342. The number of para-hydroxylation sites is 2. The van der Waals surface area contributed by atoms with Gasteiger partial charge in [0.05, 0.1) is 6.61 Å². The average Bonchev–Trinajstić information content (AvgIpc) is 2.86. The van der Waals surface area contributed by atoms with E-state index >= 15 is 0 Å². The molecule has 1 amide bonds. The van der Waals surface area contributed by atoms with Crippen molar-refractivity contribution in [1.29, 1.82) is 0 Å². The maximum atomic E-state index is 12.9. The molecule has 8 nitrogen and oxygen atoms in total. The van der Waals surface area contributed by atoms with Crippen LogP contribution in [0.5, 0.6) is 11.5 Å². The van der Waals surface area contributed by atoms with E-state index in [0.29, 0.717) is 22.7 Å². The van der Waals surface area contributed by atoms with Crippen LogP contribution >= 0.6 is 0 Å². The van der Waals surface area contributed by atoms with Crippen LogP contribution in [0.1, 0.15) is 17.2 Å². The first-order chi connectivity index (χ1) is 17.0. The van der Waals surface area contributed by atoms with Gasteiger partial charge >= 0.3 is 12.1 Å². The number of carbonyl (C=O) groups is 2. The Morgan fingerprint density at radius 2 is 1.66 bits per heavy atom. The van der Waals surface area contributed by atoms with Gasteiger partial charge in [-0.2, -0.15) is 0 Å². The van der Waals surface area contributed by atoms with Crippen LogP contribution in [0.3, 0.4) is 0 Å². The molecule has 3 aromatic carbocycles. The highest BCUT2D eigenvalue weighted by Crippen LogP contribution is 2.33. The van der Waals surface area contributed by atoms with Crippen LogP contribution in [0, 0.1) is 6.92 Å². The summed E-state index contributed by atoms with van der Waals surface area (Å²) < 4.78 is 17.5. The number of ether oxygens (including phenoxy) is 3. The second kappa shape index (κ2) is 12.8. The Morgan fingerprint density at radius 3 is 2.34 bits per heavy atom. The zero-order valence-corrected chi connectivity index (χ0v) is 19.2. The normalized spacial score (nSPS) is 12.5. The van der Waals surface area contributed by atoms with E-state index in [1.165, 1.54) is 6.08 Å². The monoisotopic (exact) mass is 477 g/mol. The first-order valence-corrected chi connectivity index (χ1v) is 11.0. The van der Waals surface area contributed by atoms with Gasteiger partial charge in [0.1, 0.15) is 18.1 Å². The molecule has 0 bridgehead atoms. The van der Waals surface area contributed by atoms with Crippen molar-refractivity contribution in [3.63, 3.8) is 0 Å². The highest BCUT2D eigenvalue weighted by atomic mass is 16.6. The summed E-state index contributed by atoms with van der Waals surface area (Å²) in [6.45, 7) is 1.74. The van der Waals surface area contributed by atoms with Gasteiger partial charge < -0.3 is 24.4 Å². The Morgan fingerprint density at radius 1 is 0.971 bits per heavy atom. The third-order valence-electron chi connectivity index (χ3n) is 4.85. The van der Waals surface area contributed by atoms with Crippen LogP contribution in [0.15, 0.2) is 91.0 Å². The van der Waals surface area contributed by atoms with E-state index < -0.39 is 24.3 Å². The van der Waals surface area contributed by atoms with E-state index in [0.717, 1.165) is 11.6 Å². The minimum Gasteiger partial charge on any atom is -0.491 e. The number of anilines is 1. The fraction of sp³-hybridized carbons (Fsp3) is 0.185. The van der Waals surface area contributed by atoms with Crippen molar-refractivity contribution < 1.29 is 34.0 Å². The molecule has 0 aliphatic carbocycles. The first kappa shape index (κ1) is 25.3. The standard InChI is InChI=1S/C27H27NO7/c1-19-11-13-20(14-12-19)28-27(32)35-26(22-9-5-6-10-23(22)33-18-17-29)24(15-16-25(30)31)34-21-7-3-2-4-8-21/h2-16,24,26,29H,17-18H2,1H3,(H,28,32)(H,30,31)/b16-15+/t24-,26-/m0/s1. The van der Waals surface area contributed by atoms with E-state index in [-0.39, 0.29) is 13.2 Å². The molecule has 0 spiro atoms. The SMILES string of the molecule is Cc1ccc(NC(=O)O[C@@H](c2ccccc2OCCO)[C@H](/C=C/C(=O)O)Oc2ccccc2)cc1. The third kappa shape index (κ3) is 7.90. The largest absolute Gasteiger partial charge is 0.491 e. The van der Waals surface area contributed by atoms with Gasteiger partial charge in [-0.05, 0) is 43.3 Å². The molecular weight excluding hydrogens is 450 g/mol. The molecule has 35 heavy (non-hydrogen) atoms. The maximum Gasteiger partial charge on any atom is 0.412 e. The van der Waals surface area contributed by atoms with Crippen molar-refractivity contribution in [1.82, 2.24) is 0 Å². The number of hydrogen-bond acceptors (Lipinski definition) is 6. The minimum absolute atomic E-state index is 0.0223. The molecule has 0 unspecified atom stereocenters. The molecule has 0 saturated carbocycles. The van der Waals surface area contributed by atoms with Crippen molar-refractivity contribution >= 4 is 17.7 Å². The third-order valence-corrected chi connectivity index (χ3v) is 4.85. The molecule has 8 heteroatoms. The molecule has 3 rings (SSSR count). The number of amides is 1. The Kier molecular flexibility index (Phi) is 9.27. The maximum absolute atomic E-state index is 12.9. The second-order valence-electron chi connectivity index (χ2n) is 7.52. The van der Waals surface area contributed by atoms with Crippen LogP contribution < -0.4 is 14.8 Å². The number of rotatable bonds is 11. The van der Waals surface area contributed by atoms with Gasteiger partial charge in [-0.3, -0.25) is 5.32 Å². The Hall–Kier alpha value is -4.30. The van der Waals surface area contributed by atoms with E-state index in [1.807, 2.05) is 25.1 Å². The molecule has 0 aromatic heterocycles. The lowest BCUT2D eigenvalue weighted by molar-refractivity contribution is -0.131. The molecule has 3 N–H and O–H groups in total. The number of benzene rings is 3. The highest BCUT2D eigenvalue weighted by Gasteiger charge is 2.30. The van der Waals surface area contributed by atoms with Crippen molar-refractivity contribution in [2.75, 3.05) is 18.5 Å². The molecule has 0 fully saturated rings. The summed E-state index contributed by atoms with van der Waals surface area (Å²) in [6, 6.07) is 22.8. The van der Waals surface area contributed by atoms with Crippen molar-refractivity contribution in [3.8, 4) is 11.5 Å². The summed E-state index contributed by atoms with van der Waals surface area (Å²) in [5, 5.41) is 21.1. The Labute approximate surface area is 203 Å². The predicted octanol–water partition coefficient (Wildman–Crippen LogP) is 4.74. The molecule has 0 aliphatic rings. The molecule has 0 saturated heterocycles. The van der Waals surface area contributed by atoms with Gasteiger partial charge in [-0.25, -0.2) is 9.59 Å². The fourth-order valence-corrected chi connectivity index (χ4v) is 3.25. The Bertz CT molecular complexity index is 1130. The number of aryl methyl sites for hydroxylation is 1. The lowest BCUT2D eigenvalue weighted by Crippen LogP contribution is -2.30. The summed E-state index contributed by atoms with van der Waals surface area (Å²) >= 11 is 0.